The Kier molecular flexibility index (Phi) is 5.93. The zero-order valence-electron chi connectivity index (χ0n) is 8.88. The van der Waals surface area contributed by atoms with Gasteiger partial charge in [-0.25, -0.2) is 0 Å². The van der Waals surface area contributed by atoms with Crippen LogP contribution in [0.5, 0.6) is 5.88 Å². The van der Waals surface area contributed by atoms with Gasteiger partial charge in [-0.1, -0.05) is 11.6 Å². The SMILES string of the molecule is COCCCNCc1snc(OC)c1Cl. The van der Waals surface area contributed by atoms with Crippen molar-refractivity contribution in [3.63, 3.8) is 0 Å². The normalized spacial score (nSPS) is 10.6. The van der Waals surface area contributed by atoms with Crippen LogP contribution in [-0.2, 0) is 11.3 Å². The maximum Gasteiger partial charge on any atom is 0.244 e. The number of hydrogen-bond acceptors (Lipinski definition) is 5. The van der Waals surface area contributed by atoms with Crippen molar-refractivity contribution in [3.8, 4) is 5.88 Å². The Hall–Kier alpha value is -0.360. The van der Waals surface area contributed by atoms with Crippen LogP contribution in [-0.4, -0.2) is 31.7 Å². The van der Waals surface area contributed by atoms with E-state index in [9.17, 15) is 0 Å². The van der Waals surface area contributed by atoms with Crippen LogP contribution in [0.2, 0.25) is 5.02 Å². The van der Waals surface area contributed by atoms with Crippen LogP contribution >= 0.6 is 23.1 Å². The van der Waals surface area contributed by atoms with Crippen molar-refractivity contribution in [2.75, 3.05) is 27.4 Å². The van der Waals surface area contributed by atoms with Gasteiger partial charge in [0, 0.05) is 20.3 Å². The van der Waals surface area contributed by atoms with Gasteiger partial charge in [0.1, 0.15) is 5.02 Å². The van der Waals surface area contributed by atoms with Crippen molar-refractivity contribution in [3.05, 3.63) is 9.90 Å². The first-order valence-corrected chi connectivity index (χ1v) is 5.82. The number of ether oxygens (including phenoxy) is 2. The number of hydrogen-bond donors (Lipinski definition) is 1. The fourth-order valence-electron chi connectivity index (χ4n) is 1.08. The summed E-state index contributed by atoms with van der Waals surface area (Å²) in [5, 5.41) is 3.88. The number of nitrogens with zero attached hydrogens (tertiary/aromatic N) is 1. The van der Waals surface area contributed by atoms with Gasteiger partial charge in [-0.05, 0) is 24.5 Å². The Balaban J connectivity index is 2.28. The second kappa shape index (κ2) is 7.00. The third-order valence-electron chi connectivity index (χ3n) is 1.85. The zero-order valence-corrected chi connectivity index (χ0v) is 10.5. The predicted octanol–water partition coefficient (Wildman–Crippen LogP) is 1.93. The molecule has 0 radical (unpaired) electrons. The molecule has 0 spiro atoms. The van der Waals surface area contributed by atoms with Crippen LogP contribution < -0.4 is 10.1 Å². The van der Waals surface area contributed by atoms with E-state index in [2.05, 4.69) is 9.69 Å². The van der Waals surface area contributed by atoms with Gasteiger partial charge < -0.3 is 14.8 Å². The second-order valence-electron chi connectivity index (χ2n) is 2.95. The van der Waals surface area contributed by atoms with Crippen molar-refractivity contribution < 1.29 is 9.47 Å². The first-order chi connectivity index (χ1) is 7.29. The largest absolute Gasteiger partial charge is 0.479 e. The fraction of sp³-hybridized carbons (Fsp3) is 0.667. The molecule has 0 atom stereocenters. The van der Waals surface area contributed by atoms with Crippen molar-refractivity contribution in [2.45, 2.75) is 13.0 Å². The van der Waals surface area contributed by atoms with Gasteiger partial charge in [-0.15, -0.1) is 0 Å². The lowest BCUT2D eigenvalue weighted by Gasteiger charge is -2.02. The Morgan fingerprint density at radius 2 is 2.27 bits per heavy atom. The van der Waals surface area contributed by atoms with Crippen molar-refractivity contribution in [1.29, 1.82) is 0 Å². The van der Waals surface area contributed by atoms with E-state index < -0.39 is 0 Å². The molecule has 1 heterocycles. The molecule has 1 aromatic heterocycles. The molecule has 0 fully saturated rings. The maximum atomic E-state index is 6.02. The van der Waals surface area contributed by atoms with Crippen LogP contribution in [0.3, 0.4) is 0 Å². The zero-order chi connectivity index (χ0) is 11.1. The summed E-state index contributed by atoms with van der Waals surface area (Å²) < 4.78 is 14.0. The molecular formula is C9H15ClN2O2S. The molecular weight excluding hydrogens is 236 g/mol. The predicted molar refractivity (Wildman–Crippen MR) is 61.9 cm³/mol. The molecule has 86 valence electrons. The fourth-order valence-corrected chi connectivity index (χ4v) is 2.11. The van der Waals surface area contributed by atoms with E-state index in [1.807, 2.05) is 0 Å². The smallest absolute Gasteiger partial charge is 0.244 e. The molecule has 0 aliphatic heterocycles. The van der Waals surface area contributed by atoms with Crippen molar-refractivity contribution >= 4 is 23.1 Å². The highest BCUT2D eigenvalue weighted by atomic mass is 35.5. The average molecular weight is 251 g/mol. The van der Waals surface area contributed by atoms with Gasteiger partial charge >= 0.3 is 0 Å². The molecule has 0 aromatic carbocycles. The van der Waals surface area contributed by atoms with Gasteiger partial charge in [0.2, 0.25) is 5.88 Å². The molecule has 0 bridgehead atoms. The first-order valence-electron chi connectivity index (χ1n) is 4.67. The Morgan fingerprint density at radius 1 is 1.47 bits per heavy atom. The van der Waals surface area contributed by atoms with Gasteiger partial charge in [0.05, 0.1) is 12.0 Å². The molecule has 15 heavy (non-hydrogen) atoms. The third-order valence-corrected chi connectivity index (χ3v) is 3.18. The number of nitrogens with one attached hydrogen (secondary N) is 1. The molecule has 0 amide bonds. The van der Waals surface area contributed by atoms with Crippen molar-refractivity contribution in [1.82, 2.24) is 9.69 Å². The quantitative estimate of drug-likeness (QED) is 0.751. The minimum absolute atomic E-state index is 0.510. The molecule has 4 nitrogen and oxygen atoms in total. The summed E-state index contributed by atoms with van der Waals surface area (Å²) in [5.41, 5.74) is 0. The number of rotatable bonds is 7. The molecule has 0 aliphatic carbocycles. The number of methoxy groups -OCH3 is 2. The standard InChI is InChI=1S/C9H15ClN2O2S/c1-13-5-3-4-11-6-7-8(10)9(14-2)12-15-7/h11H,3-6H2,1-2H3. The van der Waals surface area contributed by atoms with Gasteiger partial charge in [-0.2, -0.15) is 4.37 Å². The monoisotopic (exact) mass is 250 g/mol. The summed E-state index contributed by atoms with van der Waals surface area (Å²) in [6.07, 6.45) is 0.990. The van der Waals surface area contributed by atoms with Crippen LogP contribution in [0.1, 0.15) is 11.3 Å². The van der Waals surface area contributed by atoms with E-state index in [0.717, 1.165) is 31.0 Å². The van der Waals surface area contributed by atoms with E-state index >= 15 is 0 Å². The summed E-state index contributed by atoms with van der Waals surface area (Å²) in [4.78, 5) is 1.01. The second-order valence-corrected chi connectivity index (χ2v) is 4.19. The summed E-state index contributed by atoms with van der Waals surface area (Å²) in [5.74, 6) is 0.510. The maximum absolute atomic E-state index is 6.02. The van der Waals surface area contributed by atoms with Gasteiger partial charge in [-0.3, -0.25) is 0 Å². The summed E-state index contributed by atoms with van der Waals surface area (Å²) >= 11 is 7.39. The third kappa shape index (κ3) is 3.95. The highest BCUT2D eigenvalue weighted by molar-refractivity contribution is 7.06. The van der Waals surface area contributed by atoms with Gasteiger partial charge in [0.25, 0.3) is 0 Å². The molecule has 0 saturated carbocycles. The van der Waals surface area contributed by atoms with Crippen LogP contribution in [0, 0.1) is 0 Å². The molecule has 0 aliphatic rings. The van der Waals surface area contributed by atoms with Gasteiger partial charge in [0.15, 0.2) is 0 Å². The number of aromatic nitrogens is 1. The first kappa shape index (κ1) is 12.7. The van der Waals surface area contributed by atoms with Crippen molar-refractivity contribution in [2.24, 2.45) is 0 Å². The highest BCUT2D eigenvalue weighted by Crippen LogP contribution is 2.30. The summed E-state index contributed by atoms with van der Waals surface area (Å²) in [6.45, 7) is 2.40. The lowest BCUT2D eigenvalue weighted by molar-refractivity contribution is 0.194. The lowest BCUT2D eigenvalue weighted by Crippen LogP contribution is -2.15. The summed E-state index contributed by atoms with van der Waals surface area (Å²) in [6, 6.07) is 0. The van der Waals surface area contributed by atoms with E-state index in [-0.39, 0.29) is 0 Å². The minimum atomic E-state index is 0.510. The van der Waals surface area contributed by atoms with E-state index in [1.165, 1.54) is 11.5 Å². The molecule has 6 heteroatoms. The highest BCUT2D eigenvalue weighted by Gasteiger charge is 2.10. The van der Waals surface area contributed by atoms with E-state index in [1.54, 1.807) is 14.2 Å². The van der Waals surface area contributed by atoms with Crippen LogP contribution in [0.25, 0.3) is 0 Å². The molecule has 1 N–H and O–H groups in total. The van der Waals surface area contributed by atoms with Crippen LogP contribution in [0.15, 0.2) is 0 Å². The Morgan fingerprint density at radius 3 is 2.87 bits per heavy atom. The Bertz CT molecular complexity index is 294. The average Bonchev–Trinajstić information content (AvgIpc) is 2.60. The molecule has 1 rings (SSSR count). The number of halogens is 1. The molecule has 1 aromatic rings. The molecule has 0 saturated heterocycles. The summed E-state index contributed by atoms with van der Waals surface area (Å²) in [7, 11) is 3.27. The Labute approximate surface area is 98.7 Å². The van der Waals surface area contributed by atoms with Crippen LogP contribution in [0.4, 0.5) is 0 Å². The minimum Gasteiger partial charge on any atom is -0.479 e. The van der Waals surface area contributed by atoms with E-state index in [4.69, 9.17) is 21.1 Å². The topological polar surface area (TPSA) is 43.4 Å². The molecule has 0 unspecified atom stereocenters. The lowest BCUT2D eigenvalue weighted by atomic mass is 10.4. The van der Waals surface area contributed by atoms with E-state index in [0.29, 0.717) is 10.9 Å².